The highest BCUT2D eigenvalue weighted by atomic mass is 16.5. The fourth-order valence-electron chi connectivity index (χ4n) is 3.31. The van der Waals surface area contributed by atoms with Crippen LogP contribution in [0.5, 0.6) is 11.5 Å². The largest absolute Gasteiger partial charge is 0.493 e. The van der Waals surface area contributed by atoms with Gasteiger partial charge in [0.25, 0.3) is 0 Å². The third-order valence-electron chi connectivity index (χ3n) is 5.17. The molecular weight excluding hydrogens is 364 g/mol. The Kier molecular flexibility index (Phi) is 6.75. The molecule has 0 fully saturated rings. The summed E-state index contributed by atoms with van der Waals surface area (Å²) in [5.41, 5.74) is 4.21. The fourth-order valence-corrected chi connectivity index (χ4v) is 3.31. The Morgan fingerprint density at radius 2 is 1.93 bits per heavy atom. The van der Waals surface area contributed by atoms with E-state index in [2.05, 4.69) is 54.4 Å². The number of nitrogens with zero attached hydrogens (tertiary/aromatic N) is 3. The van der Waals surface area contributed by atoms with Crippen LogP contribution in [0.4, 0.5) is 0 Å². The summed E-state index contributed by atoms with van der Waals surface area (Å²) in [4.78, 5) is 4.56. The topological polar surface area (TPSA) is 61.2 Å². The number of pyridine rings is 1. The highest BCUT2D eigenvalue weighted by molar-refractivity contribution is 5.78. The maximum absolute atomic E-state index is 5.90. The van der Waals surface area contributed by atoms with Crippen molar-refractivity contribution < 1.29 is 9.47 Å². The monoisotopic (exact) mass is 396 g/mol. The molecule has 1 unspecified atom stereocenters. The Hall–Kier alpha value is -2.60. The summed E-state index contributed by atoms with van der Waals surface area (Å²) >= 11 is 0. The molecule has 6 heteroatoms. The van der Waals surface area contributed by atoms with Crippen molar-refractivity contribution in [3.63, 3.8) is 0 Å². The first-order valence-corrected chi connectivity index (χ1v) is 10.2. The van der Waals surface area contributed by atoms with Crippen LogP contribution >= 0.6 is 0 Å². The number of hydrogen-bond acceptors (Lipinski definition) is 5. The quantitative estimate of drug-likeness (QED) is 0.574. The summed E-state index contributed by atoms with van der Waals surface area (Å²) in [7, 11) is 3.61. The molecule has 29 heavy (non-hydrogen) atoms. The third kappa shape index (κ3) is 5.07. The van der Waals surface area contributed by atoms with Crippen LogP contribution in [0.15, 0.2) is 30.5 Å². The standard InChI is InChI=1S/C23H32N4O2/c1-15(2)9-10-29-21-8-7-19(12-22(21)28-6)16(3)24-13-18-11-20-17(4)26-27(5)23(20)25-14-18/h7-8,11-12,14-16,24H,9-10,13H2,1-6H3. The molecular formula is C23H32N4O2. The lowest BCUT2D eigenvalue weighted by Crippen LogP contribution is -2.18. The summed E-state index contributed by atoms with van der Waals surface area (Å²) in [5.74, 6) is 2.19. The Morgan fingerprint density at radius 1 is 1.14 bits per heavy atom. The van der Waals surface area contributed by atoms with Crippen molar-refractivity contribution in [1.82, 2.24) is 20.1 Å². The molecule has 3 aromatic rings. The molecule has 0 saturated carbocycles. The Morgan fingerprint density at radius 3 is 2.66 bits per heavy atom. The van der Waals surface area contributed by atoms with Crippen molar-refractivity contribution >= 4 is 11.0 Å². The number of nitrogens with one attached hydrogen (secondary N) is 1. The van der Waals surface area contributed by atoms with E-state index in [0.29, 0.717) is 12.5 Å². The molecule has 3 rings (SSSR count). The first-order valence-electron chi connectivity index (χ1n) is 10.2. The van der Waals surface area contributed by atoms with Crippen LogP contribution < -0.4 is 14.8 Å². The summed E-state index contributed by atoms with van der Waals surface area (Å²) in [6.45, 7) is 9.98. The highest BCUT2D eigenvalue weighted by Gasteiger charge is 2.12. The normalized spacial score (nSPS) is 12.5. The molecule has 0 aliphatic carbocycles. The molecule has 156 valence electrons. The van der Waals surface area contributed by atoms with E-state index in [9.17, 15) is 0 Å². The van der Waals surface area contributed by atoms with Crippen LogP contribution in [0.2, 0.25) is 0 Å². The van der Waals surface area contributed by atoms with Crippen LogP contribution in [-0.4, -0.2) is 28.5 Å². The van der Waals surface area contributed by atoms with E-state index in [-0.39, 0.29) is 6.04 Å². The smallest absolute Gasteiger partial charge is 0.161 e. The van der Waals surface area contributed by atoms with E-state index < -0.39 is 0 Å². The first-order chi connectivity index (χ1) is 13.9. The second-order valence-corrected chi connectivity index (χ2v) is 7.97. The van der Waals surface area contributed by atoms with Crippen LogP contribution in [0.25, 0.3) is 11.0 Å². The van der Waals surface area contributed by atoms with Crippen molar-refractivity contribution in [3.8, 4) is 11.5 Å². The lowest BCUT2D eigenvalue weighted by atomic mass is 10.1. The lowest BCUT2D eigenvalue weighted by Gasteiger charge is -2.17. The van der Waals surface area contributed by atoms with Gasteiger partial charge in [-0.15, -0.1) is 0 Å². The number of methoxy groups -OCH3 is 1. The van der Waals surface area contributed by atoms with E-state index in [4.69, 9.17) is 9.47 Å². The zero-order valence-corrected chi connectivity index (χ0v) is 18.3. The second kappa shape index (κ2) is 9.27. The van der Waals surface area contributed by atoms with Crippen molar-refractivity contribution in [2.45, 2.75) is 46.7 Å². The van der Waals surface area contributed by atoms with Gasteiger partial charge in [0.2, 0.25) is 0 Å². The minimum absolute atomic E-state index is 0.166. The van der Waals surface area contributed by atoms with Crippen molar-refractivity contribution in [2.75, 3.05) is 13.7 Å². The van der Waals surface area contributed by atoms with Crippen LogP contribution in [0, 0.1) is 12.8 Å². The van der Waals surface area contributed by atoms with E-state index in [0.717, 1.165) is 52.3 Å². The zero-order valence-electron chi connectivity index (χ0n) is 18.3. The van der Waals surface area contributed by atoms with Gasteiger partial charge in [0.15, 0.2) is 17.1 Å². The van der Waals surface area contributed by atoms with Crippen LogP contribution in [0.1, 0.15) is 50.1 Å². The predicted octanol–water partition coefficient (Wildman–Crippen LogP) is 4.56. The zero-order chi connectivity index (χ0) is 21.0. The van der Waals surface area contributed by atoms with Gasteiger partial charge >= 0.3 is 0 Å². The third-order valence-corrected chi connectivity index (χ3v) is 5.17. The van der Waals surface area contributed by atoms with Gasteiger partial charge in [-0.25, -0.2) is 4.98 Å². The molecule has 0 saturated heterocycles. The predicted molar refractivity (Wildman–Crippen MR) is 116 cm³/mol. The van der Waals surface area contributed by atoms with Gasteiger partial charge in [0.05, 0.1) is 19.4 Å². The van der Waals surface area contributed by atoms with Crippen molar-refractivity contribution in [3.05, 3.63) is 47.3 Å². The summed E-state index contributed by atoms with van der Waals surface area (Å²) in [6.07, 6.45) is 2.94. The molecule has 0 aliphatic rings. The molecule has 2 heterocycles. The number of fused-ring (bicyclic) bond motifs is 1. The molecule has 1 aromatic carbocycles. The summed E-state index contributed by atoms with van der Waals surface area (Å²) in [5, 5.41) is 9.11. The molecule has 0 aliphatic heterocycles. The number of benzene rings is 1. The Bertz CT molecular complexity index is 965. The van der Waals surface area contributed by atoms with E-state index in [1.165, 1.54) is 0 Å². The number of ether oxygens (including phenoxy) is 2. The molecule has 0 radical (unpaired) electrons. The van der Waals surface area contributed by atoms with Crippen LogP contribution in [-0.2, 0) is 13.6 Å². The second-order valence-electron chi connectivity index (χ2n) is 7.97. The average Bonchev–Trinajstić information content (AvgIpc) is 2.99. The number of aromatic nitrogens is 3. The number of rotatable bonds is 9. The molecule has 1 N–H and O–H groups in total. The summed E-state index contributed by atoms with van der Waals surface area (Å²) < 4.78 is 13.3. The van der Waals surface area contributed by atoms with Gasteiger partial charge in [-0.1, -0.05) is 19.9 Å². The minimum atomic E-state index is 0.166. The highest BCUT2D eigenvalue weighted by Crippen LogP contribution is 2.30. The molecule has 0 spiro atoms. The van der Waals surface area contributed by atoms with E-state index >= 15 is 0 Å². The van der Waals surface area contributed by atoms with Crippen molar-refractivity contribution in [1.29, 1.82) is 0 Å². The molecule has 2 aromatic heterocycles. The van der Waals surface area contributed by atoms with Gasteiger partial charge in [-0.05, 0) is 55.5 Å². The van der Waals surface area contributed by atoms with Gasteiger partial charge in [-0.3, -0.25) is 4.68 Å². The Balaban J connectivity index is 1.65. The van der Waals surface area contributed by atoms with E-state index in [1.807, 2.05) is 30.9 Å². The van der Waals surface area contributed by atoms with Gasteiger partial charge in [-0.2, -0.15) is 5.10 Å². The number of aryl methyl sites for hydroxylation is 2. The SMILES string of the molecule is COc1cc(C(C)NCc2cnc3c(c2)c(C)nn3C)ccc1OCCC(C)C. The molecule has 0 amide bonds. The molecule has 0 bridgehead atoms. The molecule has 1 atom stereocenters. The Labute approximate surface area is 173 Å². The maximum atomic E-state index is 5.90. The lowest BCUT2D eigenvalue weighted by molar-refractivity contribution is 0.272. The van der Waals surface area contributed by atoms with Crippen LogP contribution in [0.3, 0.4) is 0 Å². The number of hydrogen-bond donors (Lipinski definition) is 1. The average molecular weight is 397 g/mol. The maximum Gasteiger partial charge on any atom is 0.161 e. The fraction of sp³-hybridized carbons (Fsp3) is 0.478. The summed E-state index contributed by atoms with van der Waals surface area (Å²) in [6, 6.07) is 8.47. The van der Waals surface area contributed by atoms with Crippen molar-refractivity contribution in [2.24, 2.45) is 13.0 Å². The minimum Gasteiger partial charge on any atom is -0.493 e. The van der Waals surface area contributed by atoms with Gasteiger partial charge in [0, 0.05) is 31.2 Å². The first kappa shape index (κ1) is 21.1. The van der Waals surface area contributed by atoms with Gasteiger partial charge in [0.1, 0.15) is 0 Å². The molecule has 6 nitrogen and oxygen atoms in total. The van der Waals surface area contributed by atoms with E-state index in [1.54, 1.807) is 7.11 Å². The van der Waals surface area contributed by atoms with Gasteiger partial charge < -0.3 is 14.8 Å².